The smallest absolute Gasteiger partial charge is 0.0701 e. The molecule has 68 valence electrons. The Balaban J connectivity index is 2.15. The SMILES string of the molecule is COCCNCc1csc(Br)c1. The Morgan fingerprint density at radius 1 is 1.67 bits per heavy atom. The highest BCUT2D eigenvalue weighted by molar-refractivity contribution is 9.11. The molecule has 0 saturated heterocycles. The zero-order valence-corrected chi connectivity index (χ0v) is 9.37. The molecular formula is C8H12BrNOS. The predicted octanol–water partition coefficient (Wildman–Crippen LogP) is 2.25. The minimum atomic E-state index is 0.769. The van der Waals surface area contributed by atoms with E-state index in [9.17, 15) is 0 Å². The van der Waals surface area contributed by atoms with Gasteiger partial charge < -0.3 is 10.1 Å². The third-order valence-corrected chi connectivity index (χ3v) is 2.99. The summed E-state index contributed by atoms with van der Waals surface area (Å²) in [4.78, 5) is 0. The summed E-state index contributed by atoms with van der Waals surface area (Å²) in [6, 6.07) is 2.13. The molecule has 1 N–H and O–H groups in total. The number of ether oxygens (including phenoxy) is 1. The van der Waals surface area contributed by atoms with Gasteiger partial charge in [-0.05, 0) is 32.9 Å². The van der Waals surface area contributed by atoms with Crippen LogP contribution in [0, 0.1) is 0 Å². The third-order valence-electron chi connectivity index (χ3n) is 1.43. The number of thiophene rings is 1. The molecule has 0 spiro atoms. The van der Waals surface area contributed by atoms with Gasteiger partial charge in [0.1, 0.15) is 0 Å². The highest BCUT2D eigenvalue weighted by Gasteiger charge is 1.95. The molecule has 1 heterocycles. The highest BCUT2D eigenvalue weighted by atomic mass is 79.9. The molecule has 0 bridgehead atoms. The molecule has 0 aliphatic rings. The van der Waals surface area contributed by atoms with Gasteiger partial charge in [0.2, 0.25) is 0 Å². The first kappa shape index (κ1) is 10.2. The average Bonchev–Trinajstić information content (AvgIpc) is 2.45. The first-order valence-electron chi connectivity index (χ1n) is 3.75. The molecular weight excluding hydrogens is 238 g/mol. The first-order valence-corrected chi connectivity index (χ1v) is 5.43. The lowest BCUT2D eigenvalue weighted by molar-refractivity contribution is 0.199. The van der Waals surface area contributed by atoms with Crippen LogP contribution < -0.4 is 5.32 Å². The van der Waals surface area contributed by atoms with Crippen molar-refractivity contribution in [3.05, 3.63) is 20.8 Å². The molecule has 0 aromatic carbocycles. The van der Waals surface area contributed by atoms with Gasteiger partial charge in [-0.2, -0.15) is 0 Å². The number of methoxy groups -OCH3 is 1. The molecule has 0 amide bonds. The quantitative estimate of drug-likeness (QED) is 0.809. The number of rotatable bonds is 5. The molecule has 0 aliphatic heterocycles. The van der Waals surface area contributed by atoms with Gasteiger partial charge in [0.25, 0.3) is 0 Å². The van der Waals surface area contributed by atoms with Crippen LogP contribution in [0.1, 0.15) is 5.56 Å². The van der Waals surface area contributed by atoms with E-state index < -0.39 is 0 Å². The fourth-order valence-electron chi connectivity index (χ4n) is 0.845. The van der Waals surface area contributed by atoms with Crippen molar-refractivity contribution in [3.8, 4) is 0 Å². The van der Waals surface area contributed by atoms with E-state index in [4.69, 9.17) is 4.74 Å². The first-order chi connectivity index (χ1) is 5.83. The van der Waals surface area contributed by atoms with Crippen molar-refractivity contribution in [1.29, 1.82) is 0 Å². The summed E-state index contributed by atoms with van der Waals surface area (Å²) in [6.07, 6.45) is 0. The number of nitrogens with one attached hydrogen (secondary N) is 1. The van der Waals surface area contributed by atoms with Gasteiger partial charge in [-0.15, -0.1) is 11.3 Å². The van der Waals surface area contributed by atoms with E-state index in [2.05, 4.69) is 32.7 Å². The predicted molar refractivity (Wildman–Crippen MR) is 55.6 cm³/mol. The Morgan fingerprint density at radius 3 is 3.08 bits per heavy atom. The van der Waals surface area contributed by atoms with Gasteiger partial charge >= 0.3 is 0 Å². The fraction of sp³-hybridized carbons (Fsp3) is 0.500. The summed E-state index contributed by atoms with van der Waals surface area (Å²) in [5, 5.41) is 5.42. The third kappa shape index (κ3) is 3.67. The Bertz CT molecular complexity index is 227. The second-order valence-electron chi connectivity index (χ2n) is 2.43. The monoisotopic (exact) mass is 249 g/mol. The van der Waals surface area contributed by atoms with Gasteiger partial charge in [-0.1, -0.05) is 0 Å². The highest BCUT2D eigenvalue weighted by Crippen LogP contribution is 2.20. The molecule has 0 atom stereocenters. The van der Waals surface area contributed by atoms with Crippen LogP contribution in [-0.4, -0.2) is 20.3 Å². The van der Waals surface area contributed by atoms with Gasteiger partial charge in [-0.3, -0.25) is 0 Å². The molecule has 2 nitrogen and oxygen atoms in total. The lowest BCUT2D eigenvalue weighted by Crippen LogP contribution is -2.18. The van der Waals surface area contributed by atoms with Gasteiger partial charge in [0, 0.05) is 20.2 Å². The van der Waals surface area contributed by atoms with E-state index in [-0.39, 0.29) is 0 Å². The van der Waals surface area contributed by atoms with Crippen LogP contribution in [0.3, 0.4) is 0 Å². The number of halogens is 1. The van der Waals surface area contributed by atoms with Crippen LogP contribution in [0.5, 0.6) is 0 Å². The summed E-state index contributed by atoms with van der Waals surface area (Å²) >= 11 is 5.13. The summed E-state index contributed by atoms with van der Waals surface area (Å²) in [7, 11) is 1.71. The van der Waals surface area contributed by atoms with Crippen LogP contribution >= 0.6 is 27.3 Å². The minimum Gasteiger partial charge on any atom is -0.383 e. The Kier molecular flexibility index (Phi) is 4.83. The maximum atomic E-state index is 4.92. The number of hydrogen-bond donors (Lipinski definition) is 1. The van der Waals surface area contributed by atoms with Crippen LogP contribution in [0.25, 0.3) is 0 Å². The maximum Gasteiger partial charge on any atom is 0.0701 e. The molecule has 1 aromatic heterocycles. The van der Waals surface area contributed by atoms with Gasteiger partial charge in [0.05, 0.1) is 10.4 Å². The standard InChI is InChI=1S/C8H12BrNOS/c1-11-3-2-10-5-7-4-8(9)12-6-7/h4,6,10H,2-3,5H2,1H3. The second-order valence-corrected chi connectivity index (χ2v) is 4.72. The van der Waals surface area contributed by atoms with Gasteiger partial charge in [0.15, 0.2) is 0 Å². The van der Waals surface area contributed by atoms with Crippen molar-refractivity contribution in [3.63, 3.8) is 0 Å². The van der Waals surface area contributed by atoms with E-state index in [1.807, 2.05) is 0 Å². The van der Waals surface area contributed by atoms with E-state index in [0.717, 1.165) is 19.7 Å². The van der Waals surface area contributed by atoms with E-state index >= 15 is 0 Å². The Hall–Kier alpha value is 0.100. The van der Waals surface area contributed by atoms with Gasteiger partial charge in [-0.25, -0.2) is 0 Å². The Morgan fingerprint density at radius 2 is 2.50 bits per heavy atom. The van der Waals surface area contributed by atoms with Crippen molar-refractivity contribution in [1.82, 2.24) is 5.32 Å². The van der Waals surface area contributed by atoms with Crippen molar-refractivity contribution in [2.24, 2.45) is 0 Å². The normalized spacial score (nSPS) is 10.5. The van der Waals surface area contributed by atoms with E-state index in [1.54, 1.807) is 18.4 Å². The molecule has 0 unspecified atom stereocenters. The molecule has 1 aromatic rings. The zero-order chi connectivity index (χ0) is 8.81. The summed E-state index contributed by atoms with van der Waals surface area (Å²) in [6.45, 7) is 2.60. The lowest BCUT2D eigenvalue weighted by Gasteiger charge is -2.00. The van der Waals surface area contributed by atoms with Crippen molar-refractivity contribution >= 4 is 27.3 Å². The zero-order valence-electron chi connectivity index (χ0n) is 6.97. The van der Waals surface area contributed by atoms with Crippen molar-refractivity contribution < 1.29 is 4.74 Å². The molecule has 0 aliphatic carbocycles. The van der Waals surface area contributed by atoms with E-state index in [0.29, 0.717) is 0 Å². The minimum absolute atomic E-state index is 0.769. The van der Waals surface area contributed by atoms with Crippen molar-refractivity contribution in [2.75, 3.05) is 20.3 Å². The fourth-order valence-corrected chi connectivity index (χ4v) is 2.05. The summed E-state index contributed by atoms with van der Waals surface area (Å²) in [5.41, 5.74) is 1.32. The van der Waals surface area contributed by atoms with Crippen LogP contribution in [0.4, 0.5) is 0 Å². The summed E-state index contributed by atoms with van der Waals surface area (Å²) < 4.78 is 6.10. The number of hydrogen-bond acceptors (Lipinski definition) is 3. The topological polar surface area (TPSA) is 21.3 Å². The van der Waals surface area contributed by atoms with Crippen LogP contribution in [-0.2, 0) is 11.3 Å². The molecule has 1 rings (SSSR count). The second kappa shape index (κ2) is 5.70. The largest absolute Gasteiger partial charge is 0.383 e. The molecule has 4 heteroatoms. The van der Waals surface area contributed by atoms with E-state index in [1.165, 1.54) is 9.35 Å². The molecule has 0 fully saturated rings. The lowest BCUT2D eigenvalue weighted by atomic mass is 10.3. The molecule has 12 heavy (non-hydrogen) atoms. The van der Waals surface area contributed by atoms with Crippen LogP contribution in [0.15, 0.2) is 15.2 Å². The molecule has 0 radical (unpaired) electrons. The van der Waals surface area contributed by atoms with Crippen LogP contribution in [0.2, 0.25) is 0 Å². The van der Waals surface area contributed by atoms with Crippen molar-refractivity contribution in [2.45, 2.75) is 6.54 Å². The summed E-state index contributed by atoms with van der Waals surface area (Å²) in [5.74, 6) is 0. The average molecular weight is 250 g/mol. The Labute approximate surface area is 85.1 Å². The molecule has 0 saturated carbocycles. The maximum absolute atomic E-state index is 4.92.